The molecule has 0 radical (unpaired) electrons. The van der Waals surface area contributed by atoms with Crippen molar-refractivity contribution in [3.63, 3.8) is 0 Å². The van der Waals surface area contributed by atoms with Gasteiger partial charge < -0.3 is 16.0 Å². The highest BCUT2D eigenvalue weighted by molar-refractivity contribution is 6.33. The van der Waals surface area contributed by atoms with Crippen molar-refractivity contribution in [2.75, 3.05) is 23.7 Å². The Morgan fingerprint density at radius 2 is 1.91 bits per heavy atom. The molecule has 2 amide bonds. The normalized spacial score (nSPS) is 10.1. The Balaban J connectivity index is 2.55. The van der Waals surface area contributed by atoms with E-state index in [1.165, 1.54) is 0 Å². The number of unbranched alkanes of at least 4 members (excludes halogenated alkanes) is 1. The van der Waals surface area contributed by atoms with Gasteiger partial charge in [0.15, 0.2) is 0 Å². The predicted octanol–water partition coefficient (Wildman–Crippen LogP) is 3.41. The van der Waals surface area contributed by atoms with Gasteiger partial charge in [-0.3, -0.25) is 9.59 Å². The van der Waals surface area contributed by atoms with Gasteiger partial charge in [0, 0.05) is 18.7 Å². The third-order valence-electron chi connectivity index (χ3n) is 3.02. The zero-order chi connectivity index (χ0) is 16.4. The highest BCUT2D eigenvalue weighted by Gasteiger charge is 2.07. The maximum absolute atomic E-state index is 11.7. The van der Waals surface area contributed by atoms with Crippen LogP contribution in [0.4, 0.5) is 11.4 Å². The Hall–Kier alpha value is -1.75. The molecule has 1 aromatic carbocycles. The van der Waals surface area contributed by atoms with Crippen LogP contribution in [0.5, 0.6) is 0 Å². The van der Waals surface area contributed by atoms with Crippen LogP contribution in [-0.2, 0) is 9.59 Å². The van der Waals surface area contributed by atoms with Crippen LogP contribution in [0.2, 0.25) is 5.02 Å². The second kappa shape index (κ2) is 10.1. The van der Waals surface area contributed by atoms with E-state index < -0.39 is 0 Å². The van der Waals surface area contributed by atoms with Crippen LogP contribution in [0.25, 0.3) is 0 Å². The van der Waals surface area contributed by atoms with Crippen LogP contribution in [0.15, 0.2) is 18.2 Å². The van der Waals surface area contributed by atoms with E-state index in [0.717, 1.165) is 19.3 Å². The summed E-state index contributed by atoms with van der Waals surface area (Å²) in [6.45, 7) is 4.85. The van der Waals surface area contributed by atoms with Gasteiger partial charge in [-0.1, -0.05) is 31.9 Å². The summed E-state index contributed by atoms with van der Waals surface area (Å²) in [5.41, 5.74) is 1.29. The molecule has 0 aliphatic heterocycles. The van der Waals surface area contributed by atoms with Crippen LogP contribution in [0, 0.1) is 0 Å². The summed E-state index contributed by atoms with van der Waals surface area (Å²) in [4.78, 5) is 23.3. The van der Waals surface area contributed by atoms with E-state index in [0.29, 0.717) is 29.4 Å². The molecule has 6 heteroatoms. The van der Waals surface area contributed by atoms with Crippen molar-refractivity contribution in [1.29, 1.82) is 0 Å². The first kappa shape index (κ1) is 18.3. The molecule has 0 aliphatic rings. The predicted molar refractivity (Wildman–Crippen MR) is 91.4 cm³/mol. The van der Waals surface area contributed by atoms with E-state index >= 15 is 0 Å². The Labute approximate surface area is 136 Å². The molecule has 0 saturated heterocycles. The molecule has 0 heterocycles. The van der Waals surface area contributed by atoms with Crippen LogP contribution in [0.1, 0.15) is 39.5 Å². The number of amides is 2. The number of hydrogen-bond donors (Lipinski definition) is 3. The van der Waals surface area contributed by atoms with Crippen molar-refractivity contribution in [2.24, 2.45) is 0 Å². The fourth-order valence-corrected chi connectivity index (χ4v) is 2.02. The van der Waals surface area contributed by atoms with E-state index in [9.17, 15) is 9.59 Å². The van der Waals surface area contributed by atoms with Gasteiger partial charge in [-0.15, -0.1) is 0 Å². The second-order valence-corrected chi connectivity index (χ2v) is 5.46. The average Bonchev–Trinajstić information content (AvgIpc) is 2.48. The lowest BCUT2D eigenvalue weighted by atomic mass is 10.2. The molecule has 0 fully saturated rings. The van der Waals surface area contributed by atoms with Gasteiger partial charge in [0.2, 0.25) is 11.8 Å². The number of carbonyl (C=O) groups is 2. The smallest absolute Gasteiger partial charge is 0.239 e. The zero-order valence-electron chi connectivity index (χ0n) is 13.2. The highest BCUT2D eigenvalue weighted by Crippen LogP contribution is 2.25. The van der Waals surface area contributed by atoms with Gasteiger partial charge in [0.05, 0.1) is 17.3 Å². The van der Waals surface area contributed by atoms with Gasteiger partial charge in [0.1, 0.15) is 0 Å². The topological polar surface area (TPSA) is 70.2 Å². The first-order valence-corrected chi connectivity index (χ1v) is 8.04. The Morgan fingerprint density at radius 1 is 1.14 bits per heavy atom. The van der Waals surface area contributed by atoms with E-state index in [2.05, 4.69) is 22.9 Å². The summed E-state index contributed by atoms with van der Waals surface area (Å²) < 4.78 is 0. The fraction of sp³-hybridized carbons (Fsp3) is 0.500. The number of hydrogen-bond acceptors (Lipinski definition) is 3. The minimum Gasteiger partial charge on any atom is -0.375 e. The van der Waals surface area contributed by atoms with Gasteiger partial charge in [-0.25, -0.2) is 0 Å². The quantitative estimate of drug-likeness (QED) is 0.609. The third kappa shape index (κ3) is 6.80. The van der Waals surface area contributed by atoms with Crippen molar-refractivity contribution in [2.45, 2.75) is 39.5 Å². The molecule has 5 nitrogen and oxygen atoms in total. The number of nitrogens with one attached hydrogen (secondary N) is 3. The standard InChI is InChI=1S/C16H24ClN3O2/c1-3-5-9-18-16(22)11-19-14-10-12(7-8-13(14)17)20-15(21)6-4-2/h7-8,10,19H,3-6,9,11H2,1-2H3,(H,18,22)(H,20,21). The van der Waals surface area contributed by atoms with E-state index in [-0.39, 0.29) is 18.4 Å². The molecule has 0 atom stereocenters. The van der Waals surface area contributed by atoms with Crippen molar-refractivity contribution < 1.29 is 9.59 Å². The lowest BCUT2D eigenvalue weighted by Crippen LogP contribution is -2.30. The molecule has 22 heavy (non-hydrogen) atoms. The van der Waals surface area contributed by atoms with Crippen LogP contribution in [0.3, 0.4) is 0 Å². The molecule has 0 bridgehead atoms. The molecule has 0 saturated carbocycles. The molecule has 3 N–H and O–H groups in total. The van der Waals surface area contributed by atoms with Crippen LogP contribution in [-0.4, -0.2) is 24.9 Å². The average molecular weight is 326 g/mol. The summed E-state index contributed by atoms with van der Waals surface area (Å²) in [5.74, 6) is -0.113. The lowest BCUT2D eigenvalue weighted by molar-refractivity contribution is -0.119. The molecule has 1 aromatic rings. The largest absolute Gasteiger partial charge is 0.375 e. The van der Waals surface area contributed by atoms with Gasteiger partial charge >= 0.3 is 0 Å². The number of halogens is 1. The number of rotatable bonds is 9. The van der Waals surface area contributed by atoms with Crippen molar-refractivity contribution in [3.05, 3.63) is 23.2 Å². The highest BCUT2D eigenvalue weighted by atomic mass is 35.5. The third-order valence-corrected chi connectivity index (χ3v) is 3.35. The molecule has 0 aliphatic carbocycles. The van der Waals surface area contributed by atoms with Crippen LogP contribution >= 0.6 is 11.6 Å². The maximum atomic E-state index is 11.7. The summed E-state index contributed by atoms with van der Waals surface area (Å²) in [7, 11) is 0. The molecular weight excluding hydrogens is 302 g/mol. The van der Waals surface area contributed by atoms with Gasteiger partial charge in [0.25, 0.3) is 0 Å². The molecule has 122 valence electrons. The Morgan fingerprint density at radius 3 is 2.59 bits per heavy atom. The molecule has 0 aromatic heterocycles. The van der Waals surface area contributed by atoms with Gasteiger partial charge in [-0.05, 0) is 31.0 Å². The summed E-state index contributed by atoms with van der Waals surface area (Å²) >= 11 is 6.10. The molecule has 0 unspecified atom stereocenters. The lowest BCUT2D eigenvalue weighted by Gasteiger charge is -2.11. The monoisotopic (exact) mass is 325 g/mol. The van der Waals surface area contributed by atoms with Gasteiger partial charge in [-0.2, -0.15) is 0 Å². The number of anilines is 2. The first-order chi connectivity index (χ1) is 10.6. The molecule has 0 spiro atoms. The van der Waals surface area contributed by atoms with E-state index in [4.69, 9.17) is 11.6 Å². The molecular formula is C16H24ClN3O2. The Bertz CT molecular complexity index is 506. The van der Waals surface area contributed by atoms with E-state index in [1.807, 2.05) is 6.92 Å². The first-order valence-electron chi connectivity index (χ1n) is 7.66. The zero-order valence-corrected chi connectivity index (χ0v) is 13.9. The summed E-state index contributed by atoms with van der Waals surface area (Å²) in [5, 5.41) is 9.12. The minimum atomic E-state index is -0.0788. The van der Waals surface area contributed by atoms with Crippen molar-refractivity contribution >= 4 is 34.8 Å². The summed E-state index contributed by atoms with van der Waals surface area (Å²) in [6.07, 6.45) is 3.28. The summed E-state index contributed by atoms with van der Waals surface area (Å²) in [6, 6.07) is 5.16. The van der Waals surface area contributed by atoms with Crippen molar-refractivity contribution in [1.82, 2.24) is 5.32 Å². The van der Waals surface area contributed by atoms with Crippen LogP contribution < -0.4 is 16.0 Å². The number of carbonyl (C=O) groups excluding carboxylic acids is 2. The van der Waals surface area contributed by atoms with E-state index in [1.54, 1.807) is 18.2 Å². The molecule has 1 rings (SSSR count). The minimum absolute atomic E-state index is 0.0342. The SMILES string of the molecule is CCCCNC(=O)CNc1cc(NC(=O)CCC)ccc1Cl. The fourth-order valence-electron chi connectivity index (χ4n) is 1.83. The second-order valence-electron chi connectivity index (χ2n) is 5.05. The Kier molecular flexibility index (Phi) is 8.36. The van der Waals surface area contributed by atoms with Crippen molar-refractivity contribution in [3.8, 4) is 0 Å². The maximum Gasteiger partial charge on any atom is 0.239 e. The number of benzene rings is 1.